The van der Waals surface area contributed by atoms with Crippen LogP contribution in [0.1, 0.15) is 12.8 Å². The molecule has 2 aromatic rings. The zero-order valence-electron chi connectivity index (χ0n) is 15.0. The molecule has 6 nitrogen and oxygen atoms in total. The van der Waals surface area contributed by atoms with Crippen molar-refractivity contribution in [1.82, 2.24) is 14.3 Å². The van der Waals surface area contributed by atoms with E-state index in [1.807, 2.05) is 24.1 Å². The predicted molar refractivity (Wildman–Crippen MR) is 102 cm³/mol. The van der Waals surface area contributed by atoms with Crippen LogP contribution in [0.15, 0.2) is 18.5 Å². The van der Waals surface area contributed by atoms with E-state index in [-0.39, 0.29) is 0 Å². The third-order valence-electron chi connectivity index (χ3n) is 5.52. The molecule has 7 heteroatoms. The van der Waals surface area contributed by atoms with Gasteiger partial charge in [0.15, 0.2) is 11.5 Å². The van der Waals surface area contributed by atoms with Crippen molar-refractivity contribution in [3.8, 4) is 11.5 Å². The van der Waals surface area contributed by atoms with Gasteiger partial charge < -0.3 is 14.4 Å². The molecule has 0 amide bonds. The molecular weight excluding hydrogens is 336 g/mol. The summed E-state index contributed by atoms with van der Waals surface area (Å²) in [4.78, 5) is 11.5. The highest BCUT2D eigenvalue weighted by atomic mass is 32.2. The maximum Gasteiger partial charge on any atom is 0.162 e. The van der Waals surface area contributed by atoms with E-state index in [1.165, 1.54) is 25.9 Å². The summed E-state index contributed by atoms with van der Waals surface area (Å²) >= 11 is 1.86. The van der Waals surface area contributed by atoms with Crippen LogP contribution >= 0.6 is 11.9 Å². The molecule has 2 fully saturated rings. The summed E-state index contributed by atoms with van der Waals surface area (Å²) in [5.41, 5.74) is 1.29. The molecule has 1 unspecified atom stereocenters. The smallest absolute Gasteiger partial charge is 0.162 e. The van der Waals surface area contributed by atoms with E-state index >= 15 is 0 Å². The van der Waals surface area contributed by atoms with Crippen molar-refractivity contribution < 1.29 is 9.47 Å². The molecule has 1 aromatic carbocycles. The van der Waals surface area contributed by atoms with Gasteiger partial charge in [0.2, 0.25) is 0 Å². The van der Waals surface area contributed by atoms with Gasteiger partial charge in [0, 0.05) is 43.0 Å². The molecular formula is C18H24N4O2S. The SMILES string of the molecule is COc1cc2ncnc(N3CCC4(CCN(SC)C4)C3)c2cc1OC. The molecule has 25 heavy (non-hydrogen) atoms. The minimum absolute atomic E-state index is 0.400. The number of nitrogens with zero attached hydrogens (tertiary/aromatic N) is 4. The molecule has 1 spiro atoms. The summed E-state index contributed by atoms with van der Waals surface area (Å²) in [7, 11) is 3.31. The lowest BCUT2D eigenvalue weighted by Gasteiger charge is -2.25. The lowest BCUT2D eigenvalue weighted by Crippen LogP contribution is -2.29. The van der Waals surface area contributed by atoms with E-state index in [4.69, 9.17) is 9.47 Å². The van der Waals surface area contributed by atoms with Crippen LogP contribution in [0.2, 0.25) is 0 Å². The van der Waals surface area contributed by atoms with E-state index in [1.54, 1.807) is 20.5 Å². The summed E-state index contributed by atoms with van der Waals surface area (Å²) in [6.45, 7) is 4.46. The first-order valence-corrected chi connectivity index (χ1v) is 9.77. The van der Waals surface area contributed by atoms with Gasteiger partial charge in [-0.15, -0.1) is 0 Å². The van der Waals surface area contributed by atoms with Crippen molar-refractivity contribution in [3.63, 3.8) is 0 Å². The number of ether oxygens (including phenoxy) is 2. The Kier molecular flexibility index (Phi) is 4.37. The highest BCUT2D eigenvalue weighted by Gasteiger charge is 2.44. The van der Waals surface area contributed by atoms with Gasteiger partial charge >= 0.3 is 0 Å². The second-order valence-electron chi connectivity index (χ2n) is 6.89. The Hall–Kier alpha value is -1.73. The van der Waals surface area contributed by atoms with Gasteiger partial charge in [-0.3, -0.25) is 4.31 Å². The van der Waals surface area contributed by atoms with Crippen molar-refractivity contribution in [2.45, 2.75) is 12.8 Å². The highest BCUT2D eigenvalue weighted by Crippen LogP contribution is 2.44. The molecule has 4 rings (SSSR count). The number of benzene rings is 1. The number of methoxy groups -OCH3 is 2. The molecule has 1 aromatic heterocycles. The van der Waals surface area contributed by atoms with E-state index in [0.29, 0.717) is 11.2 Å². The van der Waals surface area contributed by atoms with Gasteiger partial charge in [0.25, 0.3) is 0 Å². The van der Waals surface area contributed by atoms with Gasteiger partial charge in [0.1, 0.15) is 12.1 Å². The van der Waals surface area contributed by atoms with Crippen LogP contribution in [0.3, 0.4) is 0 Å². The molecule has 2 aliphatic heterocycles. The van der Waals surface area contributed by atoms with Crippen LogP contribution in [-0.4, -0.2) is 60.9 Å². The van der Waals surface area contributed by atoms with E-state index < -0.39 is 0 Å². The predicted octanol–water partition coefficient (Wildman–Crippen LogP) is 2.83. The van der Waals surface area contributed by atoms with Crippen LogP contribution in [-0.2, 0) is 0 Å². The standard InChI is InChI=1S/C18H24N4O2S/c1-23-15-8-13-14(9-16(15)24-2)19-12-20-17(13)21-6-4-18(10-21)5-7-22(11-18)25-3/h8-9,12H,4-7,10-11H2,1-3H3. The van der Waals surface area contributed by atoms with Gasteiger partial charge in [-0.2, -0.15) is 0 Å². The van der Waals surface area contributed by atoms with Crippen molar-refractivity contribution in [2.24, 2.45) is 5.41 Å². The van der Waals surface area contributed by atoms with Crippen LogP contribution in [0.4, 0.5) is 5.82 Å². The summed E-state index contributed by atoms with van der Waals surface area (Å²) in [5, 5.41) is 1.02. The van der Waals surface area contributed by atoms with E-state index in [2.05, 4.69) is 25.4 Å². The Morgan fingerprint density at radius 1 is 1.04 bits per heavy atom. The maximum absolute atomic E-state index is 5.48. The largest absolute Gasteiger partial charge is 0.493 e. The molecule has 0 N–H and O–H groups in total. The topological polar surface area (TPSA) is 50.7 Å². The minimum atomic E-state index is 0.400. The lowest BCUT2D eigenvalue weighted by atomic mass is 9.86. The summed E-state index contributed by atoms with van der Waals surface area (Å²) in [5.74, 6) is 2.42. The third-order valence-corrected chi connectivity index (χ3v) is 6.35. The van der Waals surface area contributed by atoms with E-state index in [0.717, 1.165) is 35.6 Å². The molecule has 0 bridgehead atoms. The van der Waals surface area contributed by atoms with Crippen molar-refractivity contribution >= 4 is 28.7 Å². The molecule has 0 radical (unpaired) electrons. The van der Waals surface area contributed by atoms with Gasteiger partial charge in [-0.05, 0) is 25.2 Å². The number of fused-ring (bicyclic) bond motifs is 1. The van der Waals surface area contributed by atoms with Crippen molar-refractivity contribution in [1.29, 1.82) is 0 Å². The number of aromatic nitrogens is 2. The normalized spacial score (nSPS) is 23.7. The molecule has 0 saturated carbocycles. The maximum atomic E-state index is 5.48. The minimum Gasteiger partial charge on any atom is -0.493 e. The second kappa shape index (κ2) is 6.53. The highest BCUT2D eigenvalue weighted by molar-refractivity contribution is 7.96. The van der Waals surface area contributed by atoms with Crippen LogP contribution in [0, 0.1) is 5.41 Å². The van der Waals surface area contributed by atoms with Gasteiger partial charge in [-0.25, -0.2) is 9.97 Å². The molecule has 3 heterocycles. The Morgan fingerprint density at radius 2 is 1.80 bits per heavy atom. The Morgan fingerprint density at radius 3 is 2.52 bits per heavy atom. The second-order valence-corrected chi connectivity index (χ2v) is 7.77. The van der Waals surface area contributed by atoms with Gasteiger partial charge in [-0.1, -0.05) is 11.9 Å². The fourth-order valence-electron chi connectivity index (χ4n) is 4.12. The first-order valence-electron chi connectivity index (χ1n) is 8.59. The lowest BCUT2D eigenvalue weighted by molar-refractivity contribution is 0.350. The summed E-state index contributed by atoms with van der Waals surface area (Å²) in [6, 6.07) is 3.92. The summed E-state index contributed by atoms with van der Waals surface area (Å²) < 4.78 is 13.4. The quantitative estimate of drug-likeness (QED) is 0.777. The number of anilines is 1. The molecule has 1 atom stereocenters. The van der Waals surface area contributed by atoms with Crippen LogP contribution in [0.5, 0.6) is 11.5 Å². The molecule has 0 aliphatic carbocycles. The first kappa shape index (κ1) is 16.7. The van der Waals surface area contributed by atoms with Crippen LogP contribution < -0.4 is 14.4 Å². The molecule has 2 aliphatic rings. The van der Waals surface area contributed by atoms with E-state index in [9.17, 15) is 0 Å². The third kappa shape index (κ3) is 2.89. The van der Waals surface area contributed by atoms with Gasteiger partial charge in [0.05, 0.1) is 19.7 Å². The van der Waals surface area contributed by atoms with Crippen molar-refractivity contribution in [2.75, 3.05) is 51.6 Å². The Labute approximate surface area is 152 Å². The number of rotatable bonds is 4. The fraction of sp³-hybridized carbons (Fsp3) is 0.556. The Bertz CT molecular complexity index is 787. The number of hydrogen-bond donors (Lipinski definition) is 0. The zero-order chi connectivity index (χ0) is 17.4. The zero-order valence-corrected chi connectivity index (χ0v) is 15.8. The first-order chi connectivity index (χ1) is 12.2. The molecule has 2 saturated heterocycles. The van der Waals surface area contributed by atoms with Crippen molar-refractivity contribution in [3.05, 3.63) is 18.5 Å². The fourth-order valence-corrected chi connectivity index (χ4v) is 4.80. The van der Waals surface area contributed by atoms with Crippen LogP contribution in [0.25, 0.3) is 10.9 Å². The average Bonchev–Trinajstić information content (AvgIpc) is 3.26. The monoisotopic (exact) mass is 360 g/mol. The average molecular weight is 360 g/mol. The number of hydrogen-bond acceptors (Lipinski definition) is 7. The summed E-state index contributed by atoms with van der Waals surface area (Å²) in [6.07, 6.45) is 6.31. The Balaban J connectivity index is 1.68. The molecule has 134 valence electrons.